The molecule has 26 heavy (non-hydrogen) atoms. The summed E-state index contributed by atoms with van der Waals surface area (Å²) in [6, 6.07) is 13.7. The third kappa shape index (κ3) is 3.81. The van der Waals surface area contributed by atoms with Gasteiger partial charge in [0, 0.05) is 5.56 Å². The molecule has 8 heteroatoms. The van der Waals surface area contributed by atoms with E-state index in [0.717, 1.165) is 10.2 Å². The van der Waals surface area contributed by atoms with E-state index < -0.39 is 22.3 Å². The number of alkyl halides is 1. The second-order valence-corrected chi connectivity index (χ2v) is 7.21. The van der Waals surface area contributed by atoms with Crippen molar-refractivity contribution in [1.82, 2.24) is 4.98 Å². The van der Waals surface area contributed by atoms with Crippen LogP contribution in [0, 0.1) is 0 Å². The molecular formula is C18H13BrN2O4S. The van der Waals surface area contributed by atoms with Gasteiger partial charge in [-0.15, -0.1) is 0 Å². The Morgan fingerprint density at radius 1 is 1.12 bits per heavy atom. The number of nitrogens with zero attached hydrogens (tertiary/aromatic N) is 1. The van der Waals surface area contributed by atoms with Crippen LogP contribution in [-0.4, -0.2) is 34.4 Å². The van der Waals surface area contributed by atoms with Gasteiger partial charge < -0.3 is 4.74 Å². The van der Waals surface area contributed by atoms with Crippen molar-refractivity contribution in [3.05, 3.63) is 54.1 Å². The van der Waals surface area contributed by atoms with Crippen LogP contribution in [0.5, 0.6) is 5.75 Å². The number of carbonyl (C=O) groups excluding carboxylic acids is 3. The first-order valence-electron chi connectivity index (χ1n) is 7.52. The van der Waals surface area contributed by atoms with Crippen molar-refractivity contribution in [1.29, 1.82) is 0 Å². The summed E-state index contributed by atoms with van der Waals surface area (Å²) >= 11 is 4.28. The van der Waals surface area contributed by atoms with Crippen molar-refractivity contribution in [2.24, 2.45) is 0 Å². The number of halogens is 1. The van der Waals surface area contributed by atoms with E-state index in [9.17, 15) is 14.4 Å². The Morgan fingerprint density at radius 2 is 1.81 bits per heavy atom. The van der Waals surface area contributed by atoms with Gasteiger partial charge in [0.2, 0.25) is 5.78 Å². The minimum absolute atomic E-state index is 0.300. The van der Waals surface area contributed by atoms with E-state index in [4.69, 9.17) is 4.74 Å². The number of ketones is 2. The molecule has 0 aliphatic carbocycles. The van der Waals surface area contributed by atoms with Crippen LogP contribution in [0.3, 0.4) is 0 Å². The highest BCUT2D eigenvalue weighted by atomic mass is 79.9. The third-order valence-electron chi connectivity index (χ3n) is 3.57. The van der Waals surface area contributed by atoms with Crippen molar-refractivity contribution in [3.8, 4) is 5.75 Å². The van der Waals surface area contributed by atoms with Gasteiger partial charge in [-0.1, -0.05) is 39.4 Å². The van der Waals surface area contributed by atoms with Gasteiger partial charge in [-0.2, -0.15) is 0 Å². The molecule has 0 saturated heterocycles. The van der Waals surface area contributed by atoms with E-state index in [-0.39, 0.29) is 0 Å². The van der Waals surface area contributed by atoms with Gasteiger partial charge in [0.25, 0.3) is 5.91 Å². The zero-order chi connectivity index (χ0) is 18.7. The van der Waals surface area contributed by atoms with Crippen LogP contribution in [0.1, 0.15) is 10.4 Å². The van der Waals surface area contributed by atoms with Gasteiger partial charge in [-0.3, -0.25) is 19.7 Å². The molecule has 0 aliphatic rings. The van der Waals surface area contributed by atoms with Crippen LogP contribution in [-0.2, 0) is 9.59 Å². The molecule has 0 saturated carbocycles. The first kappa shape index (κ1) is 18.2. The number of benzene rings is 2. The normalized spacial score (nSPS) is 11.8. The highest BCUT2D eigenvalue weighted by molar-refractivity contribution is 9.10. The number of aromatic nitrogens is 1. The van der Waals surface area contributed by atoms with Crippen molar-refractivity contribution >= 4 is 60.1 Å². The smallest absolute Gasteiger partial charge is 0.295 e. The number of hydrogen-bond donors (Lipinski definition) is 1. The van der Waals surface area contributed by atoms with Crippen molar-refractivity contribution in [2.45, 2.75) is 4.83 Å². The second kappa shape index (κ2) is 7.76. The number of anilines is 1. The number of thiazole rings is 1. The quantitative estimate of drug-likeness (QED) is 0.279. The standard InChI is InChI=1S/C18H13BrN2O4S/c1-25-11-8-6-10(7-9-11)15(22)14(19)16(23)17(24)21-18-20-12-4-2-3-5-13(12)26-18/h2-9,14H,1H3,(H,20,21,24). The monoisotopic (exact) mass is 432 g/mol. The second-order valence-electron chi connectivity index (χ2n) is 5.26. The lowest BCUT2D eigenvalue weighted by molar-refractivity contribution is -0.133. The Balaban J connectivity index is 1.70. The van der Waals surface area contributed by atoms with Crippen molar-refractivity contribution in [3.63, 3.8) is 0 Å². The van der Waals surface area contributed by atoms with Crippen LogP contribution in [0.2, 0.25) is 0 Å². The predicted molar refractivity (Wildman–Crippen MR) is 103 cm³/mol. The predicted octanol–water partition coefficient (Wildman–Crippen LogP) is 3.46. The molecule has 3 aromatic rings. The minimum atomic E-state index is -1.27. The van der Waals surface area contributed by atoms with Gasteiger partial charge in [0.1, 0.15) is 10.6 Å². The summed E-state index contributed by atoms with van der Waals surface area (Å²) in [7, 11) is 1.51. The van der Waals surface area contributed by atoms with Crippen LogP contribution in [0.15, 0.2) is 48.5 Å². The van der Waals surface area contributed by atoms with Crippen LogP contribution in [0.25, 0.3) is 10.2 Å². The maximum absolute atomic E-state index is 12.4. The molecule has 0 spiro atoms. The molecule has 1 heterocycles. The topological polar surface area (TPSA) is 85.4 Å². The minimum Gasteiger partial charge on any atom is -0.497 e. The van der Waals surface area contributed by atoms with Crippen LogP contribution < -0.4 is 10.1 Å². The van der Waals surface area contributed by atoms with E-state index in [1.54, 1.807) is 12.1 Å². The Labute approximate surface area is 161 Å². The highest BCUT2D eigenvalue weighted by Gasteiger charge is 2.30. The van der Waals surface area contributed by atoms with Crippen molar-refractivity contribution in [2.75, 3.05) is 12.4 Å². The van der Waals surface area contributed by atoms with Crippen molar-refractivity contribution < 1.29 is 19.1 Å². The Bertz CT molecular complexity index is 951. The van der Waals surface area contributed by atoms with E-state index in [1.807, 2.05) is 24.3 Å². The SMILES string of the molecule is COc1ccc(C(=O)C(Br)C(=O)C(=O)Nc2nc3ccccc3s2)cc1. The maximum Gasteiger partial charge on any atom is 0.295 e. The van der Waals surface area contributed by atoms with E-state index in [0.29, 0.717) is 16.4 Å². The average Bonchev–Trinajstić information content (AvgIpc) is 3.08. The van der Waals surface area contributed by atoms with Gasteiger partial charge in [-0.25, -0.2) is 4.98 Å². The summed E-state index contributed by atoms with van der Waals surface area (Å²) in [5, 5.41) is 2.76. The molecule has 3 rings (SSSR count). The largest absolute Gasteiger partial charge is 0.497 e. The molecule has 0 fully saturated rings. The molecule has 1 atom stereocenters. The lowest BCUT2D eigenvalue weighted by atomic mass is 10.1. The summed E-state index contributed by atoms with van der Waals surface area (Å²) in [6.07, 6.45) is 0. The highest BCUT2D eigenvalue weighted by Crippen LogP contribution is 2.25. The molecule has 0 bridgehead atoms. The molecular weight excluding hydrogens is 420 g/mol. The number of para-hydroxylation sites is 1. The maximum atomic E-state index is 12.4. The first-order valence-corrected chi connectivity index (χ1v) is 9.26. The number of hydrogen-bond acceptors (Lipinski definition) is 6. The summed E-state index contributed by atoms with van der Waals surface area (Å²) < 4.78 is 5.92. The fourth-order valence-electron chi connectivity index (χ4n) is 2.22. The van der Waals surface area contributed by atoms with Crippen LogP contribution >= 0.6 is 27.3 Å². The number of Topliss-reactive ketones (excluding diaryl/α,β-unsaturated/α-hetero) is 2. The first-order chi connectivity index (χ1) is 12.5. The molecule has 1 aromatic heterocycles. The number of carbonyl (C=O) groups is 3. The van der Waals surface area contributed by atoms with E-state index in [1.165, 1.54) is 30.6 Å². The number of rotatable bonds is 6. The lowest BCUT2D eigenvalue weighted by Crippen LogP contribution is -2.34. The Morgan fingerprint density at radius 3 is 2.46 bits per heavy atom. The lowest BCUT2D eigenvalue weighted by Gasteiger charge is -2.08. The Hall–Kier alpha value is -2.58. The number of fused-ring (bicyclic) bond motifs is 1. The molecule has 6 nitrogen and oxygen atoms in total. The number of amides is 1. The molecule has 2 aromatic carbocycles. The molecule has 1 amide bonds. The van der Waals surface area contributed by atoms with Crippen LogP contribution in [0.4, 0.5) is 5.13 Å². The van der Waals surface area contributed by atoms with Gasteiger partial charge in [0.05, 0.1) is 17.3 Å². The fourth-order valence-corrected chi connectivity index (χ4v) is 3.55. The molecule has 0 radical (unpaired) electrons. The number of methoxy groups -OCH3 is 1. The summed E-state index contributed by atoms with van der Waals surface area (Å²) in [4.78, 5) is 39.8. The zero-order valence-corrected chi connectivity index (χ0v) is 16.0. The third-order valence-corrected chi connectivity index (χ3v) is 5.36. The Kier molecular flexibility index (Phi) is 5.43. The molecule has 132 valence electrons. The average molecular weight is 433 g/mol. The summed E-state index contributed by atoms with van der Waals surface area (Å²) in [5.41, 5.74) is 1.03. The zero-order valence-electron chi connectivity index (χ0n) is 13.6. The number of ether oxygens (including phenoxy) is 1. The summed E-state index contributed by atoms with van der Waals surface area (Å²) in [5.74, 6) is -1.69. The fraction of sp³-hybridized carbons (Fsp3) is 0.111. The summed E-state index contributed by atoms with van der Waals surface area (Å²) in [6.45, 7) is 0. The van der Waals surface area contributed by atoms with Gasteiger partial charge in [-0.05, 0) is 36.4 Å². The molecule has 0 aliphatic heterocycles. The molecule has 1 unspecified atom stereocenters. The number of nitrogens with one attached hydrogen (secondary N) is 1. The molecule has 1 N–H and O–H groups in total. The van der Waals surface area contributed by atoms with Gasteiger partial charge >= 0.3 is 0 Å². The van der Waals surface area contributed by atoms with E-state index >= 15 is 0 Å². The van der Waals surface area contributed by atoms with Gasteiger partial charge in [0.15, 0.2) is 10.9 Å². The van der Waals surface area contributed by atoms with E-state index in [2.05, 4.69) is 26.2 Å².